The van der Waals surface area contributed by atoms with E-state index in [-0.39, 0.29) is 0 Å². The molecule has 2 aromatic carbocycles. The van der Waals surface area contributed by atoms with E-state index in [2.05, 4.69) is 0 Å². The van der Waals surface area contributed by atoms with Gasteiger partial charge in [0.2, 0.25) is 0 Å². The van der Waals surface area contributed by atoms with Crippen LogP contribution in [-0.2, 0) is 19.6 Å². The van der Waals surface area contributed by atoms with Crippen LogP contribution in [-0.4, -0.2) is 23.5 Å². The molecule has 0 saturated carbocycles. The molecule has 0 bridgehead atoms. The van der Waals surface area contributed by atoms with E-state index >= 15 is 0 Å². The highest BCUT2D eigenvalue weighted by Crippen LogP contribution is 2.26. The van der Waals surface area contributed by atoms with Gasteiger partial charge in [-0.1, -0.05) is 36.4 Å². The Balaban J connectivity index is 1.70. The van der Waals surface area contributed by atoms with Crippen molar-refractivity contribution in [3.63, 3.8) is 0 Å². The second-order valence-corrected chi connectivity index (χ2v) is 7.68. The summed E-state index contributed by atoms with van der Waals surface area (Å²) in [5, 5.41) is 0. The fourth-order valence-corrected chi connectivity index (χ4v) is 2.18. The topological polar surface area (TPSA) is 89.5 Å². The largest absolute Gasteiger partial charge is 0.546 e. The first-order valence-electron chi connectivity index (χ1n) is 9.40. The van der Waals surface area contributed by atoms with Crippen molar-refractivity contribution in [2.75, 3.05) is 0 Å². The lowest BCUT2D eigenvalue weighted by atomic mass is 9.94. The van der Waals surface area contributed by atoms with Crippen molar-refractivity contribution in [1.82, 2.24) is 0 Å². The average Bonchev–Trinajstić information content (AvgIpc) is 2.71. The highest BCUT2D eigenvalue weighted by Gasteiger charge is 2.30. The summed E-state index contributed by atoms with van der Waals surface area (Å²) in [5.74, 6) is 0.691. The molecular weight excluding hydrogens is 392 g/mol. The molecule has 0 radical (unpaired) electrons. The van der Waals surface area contributed by atoms with Gasteiger partial charge in [-0.3, -0.25) is 9.78 Å². The van der Waals surface area contributed by atoms with Gasteiger partial charge < -0.3 is 9.47 Å². The summed E-state index contributed by atoms with van der Waals surface area (Å²) in [4.78, 5) is 43.3. The Kier molecular flexibility index (Phi) is 8.20. The summed E-state index contributed by atoms with van der Waals surface area (Å²) in [6, 6.07) is 17.0. The molecule has 0 heterocycles. The van der Waals surface area contributed by atoms with Crippen LogP contribution < -0.4 is 9.47 Å². The summed E-state index contributed by atoms with van der Waals surface area (Å²) in [5.41, 5.74) is -1.66. The van der Waals surface area contributed by atoms with Gasteiger partial charge in [0.15, 0.2) is 0 Å². The molecule has 0 aliphatic rings. The molecule has 0 fully saturated rings. The molecule has 0 N–H and O–H groups in total. The number of ether oxygens (including phenoxy) is 2. The molecule has 30 heavy (non-hydrogen) atoms. The molecule has 0 aromatic heterocycles. The number of benzene rings is 2. The lowest BCUT2D eigenvalue weighted by molar-refractivity contribution is -0.331. The van der Waals surface area contributed by atoms with E-state index in [1.54, 1.807) is 88.4 Å². The van der Waals surface area contributed by atoms with Gasteiger partial charge in [-0.05, 0) is 64.8 Å². The van der Waals surface area contributed by atoms with Gasteiger partial charge in [0, 0.05) is 0 Å². The molecule has 0 aliphatic carbocycles. The smallest absolute Gasteiger partial charge is 0.393 e. The molecule has 0 atom stereocenters. The van der Waals surface area contributed by atoms with Gasteiger partial charge in [-0.15, -0.1) is 0 Å². The van der Waals surface area contributed by atoms with E-state index in [4.69, 9.17) is 29.0 Å². The van der Waals surface area contributed by atoms with Crippen molar-refractivity contribution >= 4 is 12.3 Å². The van der Waals surface area contributed by atoms with Crippen LogP contribution in [0.15, 0.2) is 60.7 Å². The Morgan fingerprint density at radius 3 is 1.30 bits per heavy atom. The molecule has 0 aliphatic heterocycles. The predicted molar refractivity (Wildman–Crippen MR) is 107 cm³/mol. The quantitative estimate of drug-likeness (QED) is 0.224. The Bertz CT molecular complexity index is 733. The summed E-state index contributed by atoms with van der Waals surface area (Å²) in [6.45, 7) is 6.96. The second kappa shape index (κ2) is 10.6. The zero-order valence-electron chi connectivity index (χ0n) is 17.5. The van der Waals surface area contributed by atoms with Crippen molar-refractivity contribution in [1.29, 1.82) is 0 Å². The standard InChI is InChI=1S/C22H26O8/c1-21(2,29-27-19(23)25-17-11-7-5-8-12-17)15-16-22(3,4)30-28-20(24)26-18-13-9-6-10-14-18/h5-14H,15-16H2,1-4H3. The minimum Gasteiger partial charge on any atom is -0.393 e. The van der Waals surface area contributed by atoms with Gasteiger partial charge in [-0.25, -0.2) is 9.59 Å². The highest BCUT2D eigenvalue weighted by molar-refractivity contribution is 5.63. The van der Waals surface area contributed by atoms with Crippen LogP contribution in [0.4, 0.5) is 9.59 Å². The van der Waals surface area contributed by atoms with Crippen molar-refractivity contribution in [2.24, 2.45) is 0 Å². The van der Waals surface area contributed by atoms with Gasteiger partial charge in [0.25, 0.3) is 0 Å². The Labute approximate surface area is 175 Å². The summed E-state index contributed by atoms with van der Waals surface area (Å²) in [7, 11) is 0. The molecule has 2 rings (SSSR count). The van der Waals surface area contributed by atoms with Crippen LogP contribution in [0.1, 0.15) is 40.5 Å². The molecule has 0 unspecified atom stereocenters. The van der Waals surface area contributed by atoms with Gasteiger partial charge in [-0.2, -0.15) is 9.78 Å². The van der Waals surface area contributed by atoms with E-state index in [0.717, 1.165) is 0 Å². The van der Waals surface area contributed by atoms with E-state index in [9.17, 15) is 9.59 Å². The molecular formula is C22H26O8. The number of carbonyl (C=O) groups is 2. The molecule has 2 aromatic rings. The third-order valence-corrected chi connectivity index (χ3v) is 3.89. The second-order valence-electron chi connectivity index (χ2n) is 7.68. The number of para-hydroxylation sites is 2. The van der Waals surface area contributed by atoms with Crippen molar-refractivity contribution in [3.05, 3.63) is 60.7 Å². The first-order chi connectivity index (χ1) is 14.2. The fourth-order valence-electron chi connectivity index (χ4n) is 2.18. The third-order valence-electron chi connectivity index (χ3n) is 3.89. The van der Waals surface area contributed by atoms with Gasteiger partial charge in [0.05, 0.1) is 0 Å². The van der Waals surface area contributed by atoms with E-state index < -0.39 is 23.5 Å². The number of carbonyl (C=O) groups excluding carboxylic acids is 2. The average molecular weight is 418 g/mol. The Hall–Kier alpha value is -3.10. The third kappa shape index (κ3) is 8.93. The molecule has 162 valence electrons. The number of hydrogen-bond acceptors (Lipinski definition) is 8. The SMILES string of the molecule is CC(C)(CCC(C)(C)OOC(=O)Oc1ccccc1)OOC(=O)Oc1ccccc1. The maximum Gasteiger partial charge on any atom is 0.546 e. The number of hydrogen-bond donors (Lipinski definition) is 0. The highest BCUT2D eigenvalue weighted by atomic mass is 17.2. The molecule has 8 heteroatoms. The number of rotatable bonds is 9. The Morgan fingerprint density at radius 2 is 0.967 bits per heavy atom. The van der Waals surface area contributed by atoms with Crippen LogP contribution in [0.25, 0.3) is 0 Å². The van der Waals surface area contributed by atoms with Crippen molar-refractivity contribution in [3.8, 4) is 11.5 Å². The molecule has 8 nitrogen and oxygen atoms in total. The monoisotopic (exact) mass is 418 g/mol. The van der Waals surface area contributed by atoms with Crippen LogP contribution in [0.2, 0.25) is 0 Å². The van der Waals surface area contributed by atoms with E-state index in [1.807, 2.05) is 0 Å². The molecule has 0 saturated heterocycles. The normalized spacial score (nSPS) is 11.5. The van der Waals surface area contributed by atoms with Crippen LogP contribution >= 0.6 is 0 Å². The van der Waals surface area contributed by atoms with E-state index in [1.165, 1.54) is 0 Å². The first kappa shape index (κ1) is 23.2. The zero-order valence-corrected chi connectivity index (χ0v) is 17.5. The minimum absolute atomic E-state index is 0.345. The minimum atomic E-state index is -0.975. The van der Waals surface area contributed by atoms with Crippen molar-refractivity contribution < 1.29 is 38.6 Å². The van der Waals surface area contributed by atoms with Crippen LogP contribution in [0.3, 0.4) is 0 Å². The molecule has 0 spiro atoms. The maximum absolute atomic E-state index is 11.7. The lowest BCUT2D eigenvalue weighted by Gasteiger charge is -2.28. The van der Waals surface area contributed by atoms with Crippen LogP contribution in [0.5, 0.6) is 11.5 Å². The molecule has 0 amide bonds. The first-order valence-corrected chi connectivity index (χ1v) is 9.40. The fraction of sp³-hybridized carbons (Fsp3) is 0.364. The lowest BCUT2D eigenvalue weighted by Crippen LogP contribution is -2.33. The van der Waals surface area contributed by atoms with Crippen molar-refractivity contribution in [2.45, 2.75) is 51.7 Å². The van der Waals surface area contributed by atoms with Gasteiger partial charge >= 0.3 is 12.3 Å². The predicted octanol–water partition coefficient (Wildman–Crippen LogP) is 5.62. The maximum atomic E-state index is 11.7. The summed E-state index contributed by atoms with van der Waals surface area (Å²) >= 11 is 0. The van der Waals surface area contributed by atoms with Crippen LogP contribution in [0, 0.1) is 0 Å². The van der Waals surface area contributed by atoms with E-state index in [0.29, 0.717) is 24.3 Å². The Morgan fingerprint density at radius 1 is 0.633 bits per heavy atom. The van der Waals surface area contributed by atoms with Gasteiger partial charge in [0.1, 0.15) is 22.7 Å². The summed E-state index contributed by atoms with van der Waals surface area (Å²) in [6.07, 6.45) is -1.10. The summed E-state index contributed by atoms with van der Waals surface area (Å²) < 4.78 is 9.97. The zero-order chi connectivity index (χ0) is 22.0.